The zero-order valence-electron chi connectivity index (χ0n) is 29.6. The van der Waals surface area contributed by atoms with Gasteiger partial charge in [-0.2, -0.15) is 0 Å². The molecule has 0 spiro atoms. The second-order valence-corrected chi connectivity index (χ2v) is 19.2. The van der Waals surface area contributed by atoms with Gasteiger partial charge in [0.25, 0.3) is 0 Å². The predicted octanol–water partition coefficient (Wildman–Crippen LogP) is 1.52. The fourth-order valence-electron chi connectivity index (χ4n) is 7.84. The van der Waals surface area contributed by atoms with E-state index in [1.807, 2.05) is 36.4 Å². The van der Waals surface area contributed by atoms with Gasteiger partial charge in [0.1, 0.15) is 0 Å². The Morgan fingerprint density at radius 1 is 0.396 bits per heavy atom. The van der Waals surface area contributed by atoms with Crippen molar-refractivity contribution < 1.29 is 70.8 Å². The van der Waals surface area contributed by atoms with Crippen molar-refractivity contribution in [3.05, 3.63) is 185 Å². The molecule has 0 radical (unpaired) electrons. The molecule has 7 rings (SSSR count). The SMILES string of the molecule is CC1=C(C)[C]([Ti+3])([Si](c2cccc(-c3ccc(F)cc3)c2)(c2cccc(-c3ccc(F)cc3)c2)c2cccc(-c3ccc(F)cc3)c2)C(C)=C1C.[Cl-].[Cl-].[Cl-]. The molecule has 0 amide bonds. The largest absolute Gasteiger partial charge is 1.00 e. The molecular formula is C45H36Cl3F3SiTi. The van der Waals surface area contributed by atoms with E-state index in [-0.39, 0.29) is 54.7 Å². The second-order valence-electron chi connectivity index (χ2n) is 13.3. The molecule has 0 nitrogen and oxygen atoms in total. The molecule has 0 unspecified atom stereocenters. The van der Waals surface area contributed by atoms with Crippen LogP contribution in [-0.2, 0) is 20.4 Å². The van der Waals surface area contributed by atoms with Crippen LogP contribution in [0.2, 0.25) is 3.34 Å². The summed E-state index contributed by atoms with van der Waals surface area (Å²) in [6.45, 7) is 9.04. The van der Waals surface area contributed by atoms with E-state index in [4.69, 9.17) is 0 Å². The molecule has 0 N–H and O–H groups in total. The van der Waals surface area contributed by atoms with Gasteiger partial charge in [-0.25, -0.2) is 0 Å². The molecule has 0 atom stereocenters. The molecule has 0 aliphatic heterocycles. The minimum Gasteiger partial charge on any atom is -1.00 e. The Bertz CT molecular complexity index is 2060. The van der Waals surface area contributed by atoms with Crippen molar-refractivity contribution in [2.24, 2.45) is 0 Å². The van der Waals surface area contributed by atoms with Crippen LogP contribution in [0.25, 0.3) is 33.4 Å². The van der Waals surface area contributed by atoms with Crippen LogP contribution in [0.3, 0.4) is 0 Å². The number of benzene rings is 6. The van der Waals surface area contributed by atoms with Crippen molar-refractivity contribution in [3.63, 3.8) is 0 Å². The van der Waals surface area contributed by atoms with Crippen LogP contribution in [0.4, 0.5) is 13.2 Å². The average Bonchev–Trinajstić information content (AvgIpc) is 3.29. The van der Waals surface area contributed by atoms with Crippen LogP contribution in [0.1, 0.15) is 27.7 Å². The van der Waals surface area contributed by atoms with E-state index in [0.29, 0.717) is 0 Å². The van der Waals surface area contributed by atoms with Crippen LogP contribution < -0.4 is 52.8 Å². The van der Waals surface area contributed by atoms with Crippen LogP contribution in [0, 0.1) is 17.5 Å². The van der Waals surface area contributed by atoms with Gasteiger partial charge in [0.15, 0.2) is 0 Å². The number of hydrogen-bond acceptors (Lipinski definition) is 0. The van der Waals surface area contributed by atoms with Crippen molar-refractivity contribution >= 4 is 23.6 Å². The van der Waals surface area contributed by atoms with E-state index < -0.39 is 11.4 Å². The Morgan fingerprint density at radius 3 is 0.925 bits per heavy atom. The normalized spacial score (nSPS) is 13.6. The van der Waals surface area contributed by atoms with E-state index >= 15 is 0 Å². The second kappa shape index (κ2) is 16.8. The van der Waals surface area contributed by atoms with Crippen molar-refractivity contribution in [3.8, 4) is 33.4 Å². The first-order chi connectivity index (χ1) is 24.0. The molecule has 0 fully saturated rings. The van der Waals surface area contributed by atoms with Gasteiger partial charge < -0.3 is 37.2 Å². The Balaban J connectivity index is 0.00000209. The molecule has 0 bridgehead atoms. The molecule has 1 aliphatic rings. The number of rotatable bonds is 7. The van der Waals surface area contributed by atoms with Gasteiger partial charge in [-0.1, -0.05) is 0 Å². The average molecular weight is 816 g/mol. The fourth-order valence-corrected chi connectivity index (χ4v) is 16.4. The van der Waals surface area contributed by atoms with Gasteiger partial charge in [-0.15, -0.1) is 0 Å². The standard InChI is InChI=1S/C45H36F3Si.3ClH.Ti/c1-29-30(2)32(4)45(31(29)3)49(42-11-5-8-36(26-42)33-14-20-39(46)21-15-33,43-12-6-9-37(27-43)34-16-22-40(47)23-17-34)44-13-7-10-38(28-44)35-18-24-41(48)25-19-35;;;;/h5-28H,1-4H3;3*1H;/q;;;;+3/p-3. The summed E-state index contributed by atoms with van der Waals surface area (Å²) in [4.78, 5) is 0. The monoisotopic (exact) mass is 814 g/mol. The number of hydrogen-bond donors (Lipinski definition) is 0. The number of allylic oxidation sites excluding steroid dienone is 4. The van der Waals surface area contributed by atoms with E-state index in [0.717, 1.165) is 33.4 Å². The third-order valence-electron chi connectivity index (χ3n) is 10.8. The quantitative estimate of drug-likeness (QED) is 0.170. The summed E-state index contributed by atoms with van der Waals surface area (Å²) in [6.07, 6.45) is 0. The van der Waals surface area contributed by atoms with Crippen molar-refractivity contribution in [2.45, 2.75) is 31.0 Å². The maximum Gasteiger partial charge on any atom is -1.00 e. The van der Waals surface area contributed by atoms with Crippen LogP contribution in [0.5, 0.6) is 0 Å². The molecule has 0 saturated carbocycles. The van der Waals surface area contributed by atoms with Gasteiger partial charge in [0.05, 0.1) is 0 Å². The summed E-state index contributed by atoms with van der Waals surface area (Å²) in [5, 5.41) is 3.65. The van der Waals surface area contributed by atoms with Gasteiger partial charge >= 0.3 is 307 Å². The summed E-state index contributed by atoms with van der Waals surface area (Å²) in [6, 6.07) is 46.5. The summed E-state index contributed by atoms with van der Waals surface area (Å²) in [5.74, 6) is -0.806. The van der Waals surface area contributed by atoms with Crippen LogP contribution in [0.15, 0.2) is 168 Å². The Hall–Kier alpha value is -3.61. The first-order valence-corrected chi connectivity index (χ1v) is 19.5. The Kier molecular flexibility index (Phi) is 13.4. The van der Waals surface area contributed by atoms with Gasteiger partial charge in [0.2, 0.25) is 0 Å². The first-order valence-electron chi connectivity index (χ1n) is 16.7. The van der Waals surface area contributed by atoms with Gasteiger partial charge in [-0.3, -0.25) is 0 Å². The molecule has 0 aromatic heterocycles. The minimum absolute atomic E-state index is 0. The molecular weight excluding hydrogens is 780 g/mol. The first kappa shape index (κ1) is 42.1. The summed E-state index contributed by atoms with van der Waals surface area (Å²) < 4.78 is 41.9. The van der Waals surface area contributed by atoms with E-state index in [1.165, 1.54) is 74.3 Å². The third kappa shape index (κ3) is 7.31. The fraction of sp³-hybridized carbons (Fsp3) is 0.111. The summed E-state index contributed by atoms with van der Waals surface area (Å²) in [7, 11) is -3.19. The summed E-state index contributed by atoms with van der Waals surface area (Å²) in [5.41, 5.74) is 11.2. The molecule has 266 valence electrons. The smallest absolute Gasteiger partial charge is 1.00 e. The van der Waals surface area contributed by atoms with Crippen molar-refractivity contribution in [1.29, 1.82) is 0 Å². The molecule has 53 heavy (non-hydrogen) atoms. The topological polar surface area (TPSA) is 0 Å². The van der Waals surface area contributed by atoms with Crippen molar-refractivity contribution in [2.75, 3.05) is 0 Å². The van der Waals surface area contributed by atoms with Crippen LogP contribution >= 0.6 is 0 Å². The van der Waals surface area contributed by atoms with Crippen LogP contribution in [-0.4, -0.2) is 8.07 Å². The number of halogens is 6. The minimum atomic E-state index is -3.19. The molecule has 0 saturated heterocycles. The molecule has 0 heterocycles. The van der Waals surface area contributed by atoms with Crippen molar-refractivity contribution in [1.82, 2.24) is 0 Å². The maximum atomic E-state index is 14.1. The third-order valence-corrected chi connectivity index (χ3v) is 19.1. The van der Waals surface area contributed by atoms with Gasteiger partial charge in [-0.05, 0) is 0 Å². The predicted molar refractivity (Wildman–Crippen MR) is 200 cm³/mol. The van der Waals surface area contributed by atoms with Gasteiger partial charge in [0, 0.05) is 0 Å². The maximum absolute atomic E-state index is 14.1. The van der Waals surface area contributed by atoms with E-state index in [9.17, 15) is 13.2 Å². The molecule has 8 heteroatoms. The van der Waals surface area contributed by atoms with E-state index in [2.05, 4.69) is 121 Å². The molecule has 1 aliphatic carbocycles. The zero-order chi connectivity index (χ0) is 35.2. The Morgan fingerprint density at radius 2 is 0.660 bits per heavy atom. The summed E-state index contributed by atoms with van der Waals surface area (Å²) >= 11 is 2.42. The Labute approximate surface area is 341 Å². The molecule has 6 aromatic rings. The zero-order valence-corrected chi connectivity index (χ0v) is 34.5. The molecule has 6 aromatic carbocycles. The van der Waals surface area contributed by atoms with E-state index in [1.54, 1.807) is 0 Å².